The predicted molar refractivity (Wildman–Crippen MR) is 68.5 cm³/mol. The Morgan fingerprint density at radius 1 is 1.41 bits per heavy atom. The van der Waals surface area contributed by atoms with E-state index in [1.165, 1.54) is 0 Å². The molecule has 0 bridgehead atoms. The SMILES string of the molecule is CCCNc1cccc(NC2CC2)c1[N+](=O)[O-]. The molecule has 0 saturated heterocycles. The van der Waals surface area contributed by atoms with Crippen LogP contribution in [0.4, 0.5) is 17.1 Å². The van der Waals surface area contributed by atoms with Gasteiger partial charge in [0.25, 0.3) is 0 Å². The summed E-state index contributed by atoms with van der Waals surface area (Å²) in [4.78, 5) is 10.8. The number of anilines is 2. The highest BCUT2D eigenvalue weighted by molar-refractivity contribution is 5.76. The molecule has 0 amide bonds. The van der Waals surface area contributed by atoms with Gasteiger partial charge in [-0.2, -0.15) is 0 Å². The zero-order chi connectivity index (χ0) is 12.3. The molecule has 0 atom stereocenters. The number of hydrogen-bond acceptors (Lipinski definition) is 4. The predicted octanol–water partition coefficient (Wildman–Crippen LogP) is 2.99. The van der Waals surface area contributed by atoms with Crippen molar-refractivity contribution in [1.29, 1.82) is 0 Å². The Bertz CT molecular complexity index is 416. The van der Waals surface area contributed by atoms with Gasteiger partial charge in [0.2, 0.25) is 0 Å². The van der Waals surface area contributed by atoms with Crippen molar-refractivity contribution in [3.8, 4) is 0 Å². The summed E-state index contributed by atoms with van der Waals surface area (Å²) in [5.74, 6) is 0. The first-order valence-electron chi connectivity index (χ1n) is 6.00. The standard InChI is InChI=1S/C12H17N3O2/c1-2-8-13-10-4-3-5-11(12(10)15(16)17)14-9-6-7-9/h3-5,9,13-14H,2,6-8H2,1H3. The summed E-state index contributed by atoms with van der Waals surface area (Å²) in [6.07, 6.45) is 3.14. The lowest BCUT2D eigenvalue weighted by atomic mass is 10.2. The maximum atomic E-state index is 11.1. The van der Waals surface area contributed by atoms with Crippen molar-refractivity contribution in [2.45, 2.75) is 32.2 Å². The average molecular weight is 235 g/mol. The van der Waals surface area contributed by atoms with E-state index in [4.69, 9.17) is 0 Å². The molecule has 2 rings (SSSR count). The normalized spacial score (nSPS) is 14.4. The van der Waals surface area contributed by atoms with Gasteiger partial charge in [0.1, 0.15) is 11.4 Å². The van der Waals surface area contributed by atoms with E-state index in [2.05, 4.69) is 10.6 Å². The number of nitrogens with one attached hydrogen (secondary N) is 2. The Kier molecular flexibility index (Phi) is 3.46. The van der Waals surface area contributed by atoms with Gasteiger partial charge in [-0.15, -0.1) is 0 Å². The van der Waals surface area contributed by atoms with E-state index in [9.17, 15) is 10.1 Å². The first-order valence-corrected chi connectivity index (χ1v) is 6.00. The summed E-state index contributed by atoms with van der Waals surface area (Å²) < 4.78 is 0. The Labute approximate surface area is 100 Å². The minimum absolute atomic E-state index is 0.160. The molecule has 0 radical (unpaired) electrons. The molecule has 0 unspecified atom stereocenters. The van der Waals surface area contributed by atoms with Gasteiger partial charge < -0.3 is 10.6 Å². The fourth-order valence-electron chi connectivity index (χ4n) is 1.71. The van der Waals surface area contributed by atoms with E-state index in [0.29, 0.717) is 17.4 Å². The van der Waals surface area contributed by atoms with Crippen LogP contribution in [0.3, 0.4) is 0 Å². The third-order valence-corrected chi connectivity index (χ3v) is 2.72. The Morgan fingerprint density at radius 2 is 2.12 bits per heavy atom. The largest absolute Gasteiger partial charge is 0.379 e. The summed E-state index contributed by atoms with van der Waals surface area (Å²) in [7, 11) is 0. The second kappa shape index (κ2) is 5.03. The minimum Gasteiger partial charge on any atom is -0.379 e. The van der Waals surface area contributed by atoms with Crippen molar-refractivity contribution in [2.75, 3.05) is 17.2 Å². The van der Waals surface area contributed by atoms with Gasteiger partial charge in [0.05, 0.1) is 4.92 Å². The molecule has 1 aromatic rings. The molecule has 1 saturated carbocycles. The molecule has 5 heteroatoms. The Balaban J connectivity index is 2.26. The smallest absolute Gasteiger partial charge is 0.315 e. The first kappa shape index (κ1) is 11.7. The molecule has 92 valence electrons. The zero-order valence-electron chi connectivity index (χ0n) is 9.90. The van der Waals surface area contributed by atoms with Crippen molar-refractivity contribution >= 4 is 17.1 Å². The van der Waals surface area contributed by atoms with Crippen LogP contribution in [0.1, 0.15) is 26.2 Å². The third kappa shape index (κ3) is 2.87. The molecule has 1 aromatic carbocycles. The number of nitro benzene ring substituents is 1. The highest BCUT2D eigenvalue weighted by Gasteiger charge is 2.26. The summed E-state index contributed by atoms with van der Waals surface area (Å²) in [6.45, 7) is 2.78. The summed E-state index contributed by atoms with van der Waals surface area (Å²) in [5.41, 5.74) is 1.38. The van der Waals surface area contributed by atoms with E-state index in [1.807, 2.05) is 13.0 Å². The van der Waals surface area contributed by atoms with Crippen LogP contribution in [0, 0.1) is 10.1 Å². The topological polar surface area (TPSA) is 67.2 Å². The van der Waals surface area contributed by atoms with Crippen molar-refractivity contribution in [1.82, 2.24) is 0 Å². The number of benzene rings is 1. The van der Waals surface area contributed by atoms with Gasteiger partial charge in [0.15, 0.2) is 0 Å². The van der Waals surface area contributed by atoms with Gasteiger partial charge in [-0.3, -0.25) is 10.1 Å². The van der Waals surface area contributed by atoms with Crippen LogP contribution in [0.2, 0.25) is 0 Å². The van der Waals surface area contributed by atoms with Crippen molar-refractivity contribution < 1.29 is 4.92 Å². The fraction of sp³-hybridized carbons (Fsp3) is 0.500. The highest BCUT2D eigenvalue weighted by Crippen LogP contribution is 2.36. The number of nitro groups is 1. The minimum atomic E-state index is -0.317. The van der Waals surface area contributed by atoms with Crippen LogP contribution in [-0.2, 0) is 0 Å². The van der Waals surface area contributed by atoms with Crippen molar-refractivity contribution in [3.63, 3.8) is 0 Å². The summed E-state index contributed by atoms with van der Waals surface area (Å²) in [5, 5.41) is 17.4. The maximum absolute atomic E-state index is 11.1. The Hall–Kier alpha value is -1.78. The van der Waals surface area contributed by atoms with E-state index >= 15 is 0 Å². The Morgan fingerprint density at radius 3 is 2.71 bits per heavy atom. The number of para-hydroxylation sites is 1. The molecule has 2 N–H and O–H groups in total. The molecule has 1 aliphatic rings. The van der Waals surface area contributed by atoms with Gasteiger partial charge >= 0.3 is 5.69 Å². The van der Waals surface area contributed by atoms with Crippen molar-refractivity contribution in [2.24, 2.45) is 0 Å². The van der Waals surface area contributed by atoms with Crippen LogP contribution in [0.25, 0.3) is 0 Å². The van der Waals surface area contributed by atoms with Crippen LogP contribution in [0.15, 0.2) is 18.2 Å². The highest BCUT2D eigenvalue weighted by atomic mass is 16.6. The van der Waals surface area contributed by atoms with E-state index < -0.39 is 0 Å². The lowest BCUT2D eigenvalue weighted by Crippen LogP contribution is -2.08. The molecule has 1 aliphatic carbocycles. The molecule has 0 aliphatic heterocycles. The van der Waals surface area contributed by atoms with Gasteiger partial charge in [-0.25, -0.2) is 0 Å². The quantitative estimate of drug-likeness (QED) is 0.587. The van der Waals surface area contributed by atoms with Crippen molar-refractivity contribution in [3.05, 3.63) is 28.3 Å². The molecule has 0 aromatic heterocycles. The second-order valence-electron chi connectivity index (χ2n) is 4.30. The van der Waals surface area contributed by atoms with Crippen LogP contribution >= 0.6 is 0 Å². The molecule has 5 nitrogen and oxygen atoms in total. The number of nitrogens with zero attached hydrogens (tertiary/aromatic N) is 1. The van der Waals surface area contributed by atoms with Gasteiger partial charge in [-0.05, 0) is 31.4 Å². The lowest BCUT2D eigenvalue weighted by Gasteiger charge is -2.10. The van der Waals surface area contributed by atoms with Gasteiger partial charge in [-0.1, -0.05) is 13.0 Å². The van der Waals surface area contributed by atoms with Crippen LogP contribution in [0.5, 0.6) is 0 Å². The summed E-state index contributed by atoms with van der Waals surface area (Å²) in [6, 6.07) is 5.78. The zero-order valence-corrected chi connectivity index (χ0v) is 9.90. The maximum Gasteiger partial charge on any atom is 0.315 e. The fourth-order valence-corrected chi connectivity index (χ4v) is 1.71. The number of rotatable bonds is 6. The molecule has 1 fully saturated rings. The third-order valence-electron chi connectivity index (χ3n) is 2.72. The van der Waals surface area contributed by atoms with E-state index in [-0.39, 0.29) is 10.6 Å². The molecule has 0 spiro atoms. The summed E-state index contributed by atoms with van der Waals surface area (Å²) >= 11 is 0. The van der Waals surface area contributed by atoms with Crippen LogP contribution in [-0.4, -0.2) is 17.5 Å². The first-order chi connectivity index (χ1) is 8.22. The van der Waals surface area contributed by atoms with E-state index in [0.717, 1.165) is 25.8 Å². The molecule has 17 heavy (non-hydrogen) atoms. The molecular weight excluding hydrogens is 218 g/mol. The van der Waals surface area contributed by atoms with Crippen LogP contribution < -0.4 is 10.6 Å². The van der Waals surface area contributed by atoms with E-state index in [1.54, 1.807) is 12.1 Å². The lowest BCUT2D eigenvalue weighted by molar-refractivity contribution is -0.383. The average Bonchev–Trinajstić information content (AvgIpc) is 3.10. The monoisotopic (exact) mass is 235 g/mol. The van der Waals surface area contributed by atoms with Gasteiger partial charge in [0, 0.05) is 12.6 Å². The second-order valence-corrected chi connectivity index (χ2v) is 4.30. The molecular formula is C12H17N3O2. The number of hydrogen-bond donors (Lipinski definition) is 2. The molecule has 0 heterocycles.